The van der Waals surface area contributed by atoms with Crippen molar-refractivity contribution in [2.24, 2.45) is 17.6 Å². The molecule has 2 N–H and O–H groups in total. The maximum atomic E-state index is 5.74. The van der Waals surface area contributed by atoms with Gasteiger partial charge in [-0.1, -0.05) is 13.8 Å². The number of aromatic nitrogens is 2. The van der Waals surface area contributed by atoms with E-state index in [0.29, 0.717) is 6.54 Å². The minimum atomic E-state index is 0.537. The number of nitrogens with two attached hydrogens (primary N) is 1. The van der Waals surface area contributed by atoms with Gasteiger partial charge >= 0.3 is 0 Å². The van der Waals surface area contributed by atoms with E-state index in [9.17, 15) is 0 Å². The molecule has 0 amide bonds. The molecule has 0 atom stereocenters. The topological polar surface area (TPSA) is 55.0 Å². The van der Waals surface area contributed by atoms with Gasteiger partial charge in [0.15, 0.2) is 5.82 Å². The molecule has 4 heteroatoms. The van der Waals surface area contributed by atoms with Crippen LogP contribution in [-0.4, -0.2) is 23.3 Å². The van der Waals surface area contributed by atoms with E-state index in [2.05, 4.69) is 28.9 Å². The van der Waals surface area contributed by atoms with Crippen LogP contribution in [0, 0.1) is 11.8 Å². The number of nitrogens with zero attached hydrogens (tertiary/aromatic N) is 3. The van der Waals surface area contributed by atoms with Gasteiger partial charge < -0.3 is 10.6 Å². The lowest BCUT2D eigenvalue weighted by Crippen LogP contribution is -2.36. The highest BCUT2D eigenvalue weighted by molar-refractivity contribution is 5.45. The summed E-state index contributed by atoms with van der Waals surface area (Å²) in [7, 11) is 0. The fourth-order valence-corrected chi connectivity index (χ4v) is 2.55. The van der Waals surface area contributed by atoms with E-state index >= 15 is 0 Å². The fraction of sp³-hybridized carbons (Fsp3) is 0.692. The third-order valence-corrected chi connectivity index (χ3v) is 3.78. The zero-order valence-corrected chi connectivity index (χ0v) is 10.8. The summed E-state index contributed by atoms with van der Waals surface area (Å²) in [5.41, 5.74) is 6.84. The van der Waals surface area contributed by atoms with Gasteiger partial charge in [0.1, 0.15) is 0 Å². The molecule has 1 aromatic heterocycles. The van der Waals surface area contributed by atoms with Crippen LogP contribution in [0.1, 0.15) is 32.3 Å². The van der Waals surface area contributed by atoms with Crippen molar-refractivity contribution in [3.63, 3.8) is 0 Å². The molecule has 1 aliphatic rings. The number of rotatable bonds is 3. The molecular weight excluding hydrogens is 212 g/mol. The molecule has 0 spiro atoms. The Labute approximate surface area is 103 Å². The third kappa shape index (κ3) is 2.75. The average Bonchev–Trinajstić information content (AvgIpc) is 2.39. The minimum absolute atomic E-state index is 0.537. The van der Waals surface area contributed by atoms with Crippen LogP contribution in [0.5, 0.6) is 0 Å². The Morgan fingerprint density at radius 2 is 2.12 bits per heavy atom. The zero-order chi connectivity index (χ0) is 12.3. The second-order valence-corrected chi connectivity index (χ2v) is 5.15. The molecule has 2 rings (SSSR count). The molecule has 0 aromatic carbocycles. The SMILES string of the molecule is CC(C)C1CCN(c2nnccc2CN)CC1. The van der Waals surface area contributed by atoms with Crippen molar-refractivity contribution >= 4 is 5.82 Å². The molecule has 1 aromatic rings. The van der Waals surface area contributed by atoms with Gasteiger partial charge in [0.25, 0.3) is 0 Å². The Hall–Kier alpha value is -1.16. The van der Waals surface area contributed by atoms with Crippen LogP contribution in [0.15, 0.2) is 12.3 Å². The van der Waals surface area contributed by atoms with Gasteiger partial charge in [-0.3, -0.25) is 0 Å². The van der Waals surface area contributed by atoms with E-state index in [1.54, 1.807) is 6.20 Å². The van der Waals surface area contributed by atoms with Crippen LogP contribution in [0.4, 0.5) is 5.82 Å². The lowest BCUT2D eigenvalue weighted by molar-refractivity contribution is 0.310. The van der Waals surface area contributed by atoms with E-state index in [4.69, 9.17) is 5.73 Å². The molecule has 17 heavy (non-hydrogen) atoms. The largest absolute Gasteiger partial charge is 0.355 e. The number of piperidine rings is 1. The summed E-state index contributed by atoms with van der Waals surface area (Å²) >= 11 is 0. The Balaban J connectivity index is 2.05. The van der Waals surface area contributed by atoms with Crippen molar-refractivity contribution in [2.45, 2.75) is 33.2 Å². The van der Waals surface area contributed by atoms with Crippen molar-refractivity contribution in [1.29, 1.82) is 0 Å². The van der Waals surface area contributed by atoms with Crippen LogP contribution in [0.2, 0.25) is 0 Å². The monoisotopic (exact) mass is 234 g/mol. The number of anilines is 1. The lowest BCUT2D eigenvalue weighted by atomic mass is 9.86. The summed E-state index contributed by atoms with van der Waals surface area (Å²) in [5.74, 6) is 2.62. The normalized spacial score (nSPS) is 17.8. The summed E-state index contributed by atoms with van der Waals surface area (Å²) < 4.78 is 0. The summed E-state index contributed by atoms with van der Waals surface area (Å²) in [6.45, 7) is 7.32. The molecule has 2 heterocycles. The number of hydrogen-bond acceptors (Lipinski definition) is 4. The summed E-state index contributed by atoms with van der Waals surface area (Å²) in [4.78, 5) is 2.33. The van der Waals surface area contributed by atoms with E-state index in [1.165, 1.54) is 12.8 Å². The molecule has 1 aliphatic heterocycles. The first kappa shape index (κ1) is 12.3. The van der Waals surface area contributed by atoms with Gasteiger partial charge in [-0.05, 0) is 30.7 Å². The smallest absolute Gasteiger partial charge is 0.155 e. The Kier molecular flexibility index (Phi) is 3.94. The molecule has 0 aliphatic carbocycles. The first-order chi connectivity index (χ1) is 8.22. The molecule has 1 saturated heterocycles. The summed E-state index contributed by atoms with van der Waals surface area (Å²) in [5, 5.41) is 8.21. The lowest BCUT2D eigenvalue weighted by Gasteiger charge is -2.35. The van der Waals surface area contributed by atoms with Crippen molar-refractivity contribution in [3.8, 4) is 0 Å². The molecule has 0 unspecified atom stereocenters. The van der Waals surface area contributed by atoms with Gasteiger partial charge in [0.2, 0.25) is 0 Å². The number of hydrogen-bond donors (Lipinski definition) is 1. The maximum Gasteiger partial charge on any atom is 0.155 e. The highest BCUT2D eigenvalue weighted by Gasteiger charge is 2.23. The molecule has 0 bridgehead atoms. The Morgan fingerprint density at radius 1 is 1.41 bits per heavy atom. The fourth-order valence-electron chi connectivity index (χ4n) is 2.55. The molecular formula is C13H22N4. The first-order valence-electron chi connectivity index (χ1n) is 6.48. The predicted octanol–water partition coefficient (Wildman–Crippen LogP) is 1.81. The zero-order valence-electron chi connectivity index (χ0n) is 10.8. The summed E-state index contributed by atoms with van der Waals surface area (Å²) in [6, 6.07) is 1.97. The Morgan fingerprint density at radius 3 is 2.71 bits per heavy atom. The maximum absolute atomic E-state index is 5.74. The van der Waals surface area contributed by atoms with Crippen LogP contribution >= 0.6 is 0 Å². The van der Waals surface area contributed by atoms with E-state index in [-0.39, 0.29) is 0 Å². The quantitative estimate of drug-likeness (QED) is 0.866. The second kappa shape index (κ2) is 5.45. The predicted molar refractivity (Wildman–Crippen MR) is 69.7 cm³/mol. The van der Waals surface area contributed by atoms with Crippen molar-refractivity contribution < 1.29 is 0 Å². The van der Waals surface area contributed by atoms with Crippen molar-refractivity contribution in [1.82, 2.24) is 10.2 Å². The highest BCUT2D eigenvalue weighted by Crippen LogP contribution is 2.27. The molecule has 1 fully saturated rings. The average molecular weight is 234 g/mol. The van der Waals surface area contributed by atoms with Crippen molar-refractivity contribution in [3.05, 3.63) is 17.8 Å². The standard InChI is InChI=1S/C13H22N4/c1-10(2)11-4-7-17(8-5-11)13-12(9-14)3-6-15-16-13/h3,6,10-11H,4-5,7-9,14H2,1-2H3. The van der Waals surface area contributed by atoms with E-state index in [1.807, 2.05) is 6.07 Å². The van der Waals surface area contributed by atoms with Crippen LogP contribution in [0.25, 0.3) is 0 Å². The second-order valence-electron chi connectivity index (χ2n) is 5.15. The van der Waals surface area contributed by atoms with Gasteiger partial charge in [0, 0.05) is 25.2 Å². The van der Waals surface area contributed by atoms with Crippen LogP contribution in [0.3, 0.4) is 0 Å². The van der Waals surface area contributed by atoms with Crippen LogP contribution in [-0.2, 0) is 6.54 Å². The van der Waals surface area contributed by atoms with Gasteiger partial charge in [-0.15, -0.1) is 5.10 Å². The molecule has 4 nitrogen and oxygen atoms in total. The van der Waals surface area contributed by atoms with E-state index in [0.717, 1.165) is 36.3 Å². The Bertz CT molecular complexity index is 356. The van der Waals surface area contributed by atoms with Crippen LogP contribution < -0.4 is 10.6 Å². The van der Waals surface area contributed by atoms with Gasteiger partial charge in [0.05, 0.1) is 6.20 Å². The third-order valence-electron chi connectivity index (χ3n) is 3.78. The highest BCUT2D eigenvalue weighted by atomic mass is 15.3. The molecule has 0 saturated carbocycles. The molecule has 94 valence electrons. The van der Waals surface area contributed by atoms with E-state index < -0.39 is 0 Å². The minimum Gasteiger partial charge on any atom is -0.355 e. The van der Waals surface area contributed by atoms with Gasteiger partial charge in [-0.25, -0.2) is 0 Å². The summed E-state index contributed by atoms with van der Waals surface area (Å²) in [6.07, 6.45) is 4.21. The van der Waals surface area contributed by atoms with Gasteiger partial charge in [-0.2, -0.15) is 5.10 Å². The molecule has 0 radical (unpaired) electrons. The first-order valence-corrected chi connectivity index (χ1v) is 6.48. The van der Waals surface area contributed by atoms with Crippen molar-refractivity contribution in [2.75, 3.05) is 18.0 Å².